The zero-order valence-electron chi connectivity index (χ0n) is 8.72. The number of hydrogen-bond donors (Lipinski definition) is 1. The number of halogens is 1. The van der Waals surface area contributed by atoms with E-state index in [1.807, 2.05) is 0 Å². The maximum absolute atomic E-state index is 11.9. The number of hydrogen-bond acceptors (Lipinski definition) is 4. The number of alkyl halides is 1. The Morgan fingerprint density at radius 1 is 1.62 bits per heavy atom. The van der Waals surface area contributed by atoms with Crippen molar-refractivity contribution in [2.24, 2.45) is 0 Å². The van der Waals surface area contributed by atoms with Crippen molar-refractivity contribution in [3.8, 4) is 5.75 Å². The van der Waals surface area contributed by atoms with E-state index in [1.54, 1.807) is 0 Å². The smallest absolute Gasteiger partial charge is 0.270 e. The van der Waals surface area contributed by atoms with Crippen LogP contribution in [0, 0.1) is 10.1 Å². The Balaban J connectivity index is 3.04. The summed E-state index contributed by atoms with van der Waals surface area (Å²) in [6.07, 6.45) is -0.908. The molecule has 1 aromatic carbocycles. The highest BCUT2D eigenvalue weighted by Gasteiger charge is 2.15. The highest BCUT2D eigenvalue weighted by Crippen LogP contribution is 2.29. The van der Waals surface area contributed by atoms with Gasteiger partial charge in [-0.1, -0.05) is 0 Å². The Bertz CT molecular complexity index is 381. The fraction of sp³-hybridized carbons (Fsp3) is 0.400. The number of nitro benzene ring substituents is 1. The Kier molecular flexibility index (Phi) is 4.19. The summed E-state index contributed by atoms with van der Waals surface area (Å²) in [5.74, 6) is 0.262. The minimum absolute atomic E-state index is 0.136. The van der Waals surface area contributed by atoms with Crippen LogP contribution < -0.4 is 4.74 Å². The third-order valence-corrected chi connectivity index (χ3v) is 1.99. The maximum Gasteiger partial charge on any atom is 0.270 e. The molecule has 0 saturated heterocycles. The van der Waals surface area contributed by atoms with Gasteiger partial charge in [0.25, 0.3) is 5.69 Å². The second-order valence-electron chi connectivity index (χ2n) is 3.19. The van der Waals surface area contributed by atoms with Crippen molar-refractivity contribution >= 4 is 5.69 Å². The van der Waals surface area contributed by atoms with E-state index >= 15 is 0 Å². The first kappa shape index (κ1) is 12.4. The van der Waals surface area contributed by atoms with Crippen LogP contribution >= 0.6 is 0 Å². The van der Waals surface area contributed by atoms with Gasteiger partial charge in [0.2, 0.25) is 0 Å². The molecule has 0 aliphatic rings. The van der Waals surface area contributed by atoms with E-state index in [4.69, 9.17) is 4.74 Å². The predicted octanol–water partition coefficient (Wildman–Crippen LogP) is 2.00. The molecular weight excluding hydrogens is 217 g/mol. The molecule has 0 saturated carbocycles. The zero-order valence-corrected chi connectivity index (χ0v) is 8.72. The molecule has 0 aliphatic heterocycles. The van der Waals surface area contributed by atoms with E-state index in [0.717, 1.165) is 0 Å². The molecule has 88 valence electrons. The summed E-state index contributed by atoms with van der Waals surface area (Å²) in [6, 6.07) is 3.83. The average molecular weight is 229 g/mol. The second kappa shape index (κ2) is 5.41. The number of nitro groups is 1. The normalized spacial score (nSPS) is 12.2. The molecular formula is C10H12FNO4. The quantitative estimate of drug-likeness (QED) is 0.619. The van der Waals surface area contributed by atoms with Crippen LogP contribution in [-0.4, -0.2) is 23.3 Å². The van der Waals surface area contributed by atoms with Gasteiger partial charge in [-0.2, -0.15) is 0 Å². The first-order valence-electron chi connectivity index (χ1n) is 4.71. The van der Waals surface area contributed by atoms with Crippen molar-refractivity contribution in [3.05, 3.63) is 33.9 Å². The Hall–Kier alpha value is -1.69. The average Bonchev–Trinajstić information content (AvgIpc) is 2.25. The number of benzene rings is 1. The lowest BCUT2D eigenvalue weighted by Gasteiger charge is -2.12. The maximum atomic E-state index is 11.9. The number of aliphatic hydroxyl groups excluding tert-OH is 1. The van der Waals surface area contributed by atoms with Crippen LogP contribution in [-0.2, 0) is 0 Å². The molecule has 5 nitrogen and oxygen atoms in total. The van der Waals surface area contributed by atoms with Gasteiger partial charge in [0.15, 0.2) is 0 Å². The summed E-state index contributed by atoms with van der Waals surface area (Å²) in [5.41, 5.74) is 0.145. The molecule has 1 N–H and O–H groups in total. The highest BCUT2D eigenvalue weighted by molar-refractivity contribution is 5.44. The zero-order chi connectivity index (χ0) is 12.1. The van der Waals surface area contributed by atoms with Crippen LogP contribution in [0.15, 0.2) is 18.2 Å². The minimum Gasteiger partial charge on any atom is -0.490 e. The molecule has 0 aromatic heterocycles. The van der Waals surface area contributed by atoms with Crippen LogP contribution in [0.4, 0.5) is 10.1 Å². The molecule has 0 radical (unpaired) electrons. The van der Waals surface area contributed by atoms with Gasteiger partial charge in [0.1, 0.15) is 19.0 Å². The van der Waals surface area contributed by atoms with E-state index in [0.29, 0.717) is 0 Å². The van der Waals surface area contributed by atoms with Crippen molar-refractivity contribution in [2.75, 3.05) is 13.3 Å². The predicted molar refractivity (Wildman–Crippen MR) is 55.2 cm³/mol. The minimum atomic E-state index is -0.908. The molecule has 6 heteroatoms. The largest absolute Gasteiger partial charge is 0.490 e. The van der Waals surface area contributed by atoms with Crippen molar-refractivity contribution < 1.29 is 19.2 Å². The van der Waals surface area contributed by atoms with E-state index in [9.17, 15) is 19.6 Å². The standard InChI is InChI=1S/C10H12FNO4/c1-7(13)9-6-8(12(14)15)2-3-10(9)16-5-4-11/h2-3,6-7,13H,4-5H2,1H3/t7-/m1/s1. The topological polar surface area (TPSA) is 72.6 Å². The summed E-state index contributed by atoms with van der Waals surface area (Å²) >= 11 is 0. The highest BCUT2D eigenvalue weighted by atomic mass is 19.1. The Morgan fingerprint density at radius 3 is 2.81 bits per heavy atom. The fourth-order valence-corrected chi connectivity index (χ4v) is 1.26. The molecule has 16 heavy (non-hydrogen) atoms. The molecule has 1 aromatic rings. The van der Waals surface area contributed by atoms with Gasteiger partial charge in [0.05, 0.1) is 11.0 Å². The Morgan fingerprint density at radius 2 is 2.31 bits per heavy atom. The molecule has 0 bridgehead atoms. The Labute approximate surface area is 91.6 Å². The first-order chi connectivity index (χ1) is 7.56. The van der Waals surface area contributed by atoms with E-state index < -0.39 is 17.7 Å². The van der Waals surface area contributed by atoms with Gasteiger partial charge in [-0.3, -0.25) is 10.1 Å². The van der Waals surface area contributed by atoms with Gasteiger partial charge < -0.3 is 9.84 Å². The number of nitrogens with zero attached hydrogens (tertiary/aromatic N) is 1. The number of ether oxygens (including phenoxy) is 1. The number of non-ortho nitro benzene ring substituents is 1. The lowest BCUT2D eigenvalue weighted by atomic mass is 10.1. The van der Waals surface area contributed by atoms with Gasteiger partial charge >= 0.3 is 0 Å². The molecule has 0 aliphatic carbocycles. The van der Waals surface area contributed by atoms with Gasteiger partial charge in [0, 0.05) is 17.7 Å². The number of aliphatic hydroxyl groups is 1. The molecule has 0 fully saturated rings. The van der Waals surface area contributed by atoms with Crippen molar-refractivity contribution in [2.45, 2.75) is 13.0 Å². The third kappa shape index (κ3) is 2.90. The lowest BCUT2D eigenvalue weighted by molar-refractivity contribution is -0.385. The van der Waals surface area contributed by atoms with Crippen LogP contribution in [0.2, 0.25) is 0 Å². The van der Waals surface area contributed by atoms with Gasteiger partial charge in [-0.25, -0.2) is 4.39 Å². The van der Waals surface area contributed by atoms with Crippen molar-refractivity contribution in [3.63, 3.8) is 0 Å². The molecule has 0 heterocycles. The second-order valence-corrected chi connectivity index (χ2v) is 3.19. The van der Waals surface area contributed by atoms with Crippen LogP contribution in [0.1, 0.15) is 18.6 Å². The third-order valence-electron chi connectivity index (χ3n) is 1.99. The van der Waals surface area contributed by atoms with Crippen LogP contribution in [0.3, 0.4) is 0 Å². The number of rotatable bonds is 5. The van der Waals surface area contributed by atoms with Gasteiger partial charge in [-0.05, 0) is 13.0 Å². The van der Waals surface area contributed by atoms with Gasteiger partial charge in [-0.15, -0.1) is 0 Å². The van der Waals surface area contributed by atoms with E-state index in [-0.39, 0.29) is 23.6 Å². The molecule has 0 spiro atoms. The monoisotopic (exact) mass is 229 g/mol. The fourth-order valence-electron chi connectivity index (χ4n) is 1.26. The molecule has 0 unspecified atom stereocenters. The summed E-state index contributed by atoms with van der Waals surface area (Å²) in [5, 5.41) is 19.9. The van der Waals surface area contributed by atoms with E-state index in [2.05, 4.69) is 0 Å². The molecule has 1 atom stereocenters. The SMILES string of the molecule is C[C@@H](O)c1cc([N+](=O)[O-])ccc1OCCF. The summed E-state index contributed by atoms with van der Waals surface area (Å²) in [4.78, 5) is 9.96. The van der Waals surface area contributed by atoms with E-state index in [1.165, 1.54) is 25.1 Å². The lowest BCUT2D eigenvalue weighted by Crippen LogP contribution is -2.04. The summed E-state index contributed by atoms with van der Waals surface area (Å²) in [7, 11) is 0. The molecule has 1 rings (SSSR count). The van der Waals surface area contributed by atoms with Crippen LogP contribution in [0.5, 0.6) is 5.75 Å². The summed E-state index contributed by atoms with van der Waals surface area (Å²) < 4.78 is 16.9. The van der Waals surface area contributed by atoms with Crippen molar-refractivity contribution in [1.82, 2.24) is 0 Å². The summed E-state index contributed by atoms with van der Waals surface area (Å²) in [6.45, 7) is 0.662. The first-order valence-corrected chi connectivity index (χ1v) is 4.71. The molecule has 0 amide bonds. The van der Waals surface area contributed by atoms with Crippen LogP contribution in [0.25, 0.3) is 0 Å². The van der Waals surface area contributed by atoms with Crippen molar-refractivity contribution in [1.29, 1.82) is 0 Å².